The van der Waals surface area contributed by atoms with Gasteiger partial charge in [0.05, 0.1) is 6.04 Å². The molecule has 0 fully saturated rings. The highest BCUT2D eigenvalue weighted by atomic mass is 15.2. The maximum Gasteiger partial charge on any atom is 0.191 e. The van der Waals surface area contributed by atoms with E-state index in [-0.39, 0.29) is 6.04 Å². The van der Waals surface area contributed by atoms with Crippen molar-refractivity contribution in [3.63, 3.8) is 0 Å². The summed E-state index contributed by atoms with van der Waals surface area (Å²) in [6.45, 7) is 2.86. The molecule has 0 aliphatic carbocycles. The Balaban J connectivity index is 1.37. The molecule has 1 atom stereocenters. The van der Waals surface area contributed by atoms with Crippen molar-refractivity contribution in [2.45, 2.75) is 19.4 Å². The molecule has 142 valence electrons. The summed E-state index contributed by atoms with van der Waals surface area (Å²) in [6, 6.07) is 21.0. The summed E-state index contributed by atoms with van der Waals surface area (Å²) in [5.41, 5.74) is 2.09. The molecule has 0 amide bonds. The molecule has 0 spiro atoms. The van der Waals surface area contributed by atoms with Crippen molar-refractivity contribution >= 4 is 22.4 Å². The van der Waals surface area contributed by atoms with Gasteiger partial charge in [-0.15, -0.1) is 10.2 Å². The van der Waals surface area contributed by atoms with Crippen molar-refractivity contribution in [1.29, 1.82) is 0 Å². The Morgan fingerprint density at radius 3 is 2.71 bits per heavy atom. The van der Waals surface area contributed by atoms with E-state index in [1.54, 1.807) is 7.05 Å². The number of pyridine rings is 1. The van der Waals surface area contributed by atoms with Gasteiger partial charge in [-0.05, 0) is 41.5 Å². The Kier molecular flexibility index (Phi) is 5.19. The van der Waals surface area contributed by atoms with Crippen LogP contribution in [0.3, 0.4) is 0 Å². The molecule has 28 heavy (non-hydrogen) atoms. The van der Waals surface area contributed by atoms with Crippen LogP contribution in [-0.2, 0) is 6.42 Å². The van der Waals surface area contributed by atoms with Crippen LogP contribution in [0.15, 0.2) is 71.9 Å². The lowest BCUT2D eigenvalue weighted by molar-refractivity contribution is 0.680. The standard InChI is InChI=1S/C22H24N6/c1-16(18-11-10-17-7-3-4-8-19(17)15-18)25-22(23-2)24-13-12-21-27-26-20-9-5-6-14-28(20)21/h3-11,14-16H,12-13H2,1-2H3,(H2,23,24,25). The van der Waals surface area contributed by atoms with Gasteiger partial charge in [0.2, 0.25) is 0 Å². The molecule has 2 N–H and O–H groups in total. The summed E-state index contributed by atoms with van der Waals surface area (Å²) < 4.78 is 2.01. The van der Waals surface area contributed by atoms with E-state index >= 15 is 0 Å². The molecule has 6 heteroatoms. The molecule has 2 aromatic carbocycles. The van der Waals surface area contributed by atoms with Gasteiger partial charge in [0.15, 0.2) is 11.6 Å². The number of nitrogens with zero attached hydrogens (tertiary/aromatic N) is 4. The minimum absolute atomic E-state index is 0.143. The second-order valence-electron chi connectivity index (χ2n) is 6.77. The molecule has 0 aliphatic heterocycles. The molecule has 0 aliphatic rings. The number of hydrogen-bond acceptors (Lipinski definition) is 3. The summed E-state index contributed by atoms with van der Waals surface area (Å²) in [6.07, 6.45) is 2.75. The van der Waals surface area contributed by atoms with Crippen molar-refractivity contribution in [3.8, 4) is 0 Å². The van der Waals surface area contributed by atoms with Gasteiger partial charge in [-0.1, -0.05) is 42.5 Å². The van der Waals surface area contributed by atoms with Crippen LogP contribution in [0.4, 0.5) is 0 Å². The van der Waals surface area contributed by atoms with Crippen LogP contribution < -0.4 is 10.6 Å². The van der Waals surface area contributed by atoms with Crippen LogP contribution in [0, 0.1) is 0 Å². The summed E-state index contributed by atoms with van der Waals surface area (Å²) in [5, 5.41) is 17.8. The van der Waals surface area contributed by atoms with Gasteiger partial charge in [-0.3, -0.25) is 9.39 Å². The molecular formula is C22H24N6. The van der Waals surface area contributed by atoms with Gasteiger partial charge in [-0.25, -0.2) is 0 Å². The zero-order valence-corrected chi connectivity index (χ0v) is 16.1. The van der Waals surface area contributed by atoms with Gasteiger partial charge in [-0.2, -0.15) is 0 Å². The highest BCUT2D eigenvalue weighted by molar-refractivity contribution is 5.84. The number of hydrogen-bond donors (Lipinski definition) is 2. The lowest BCUT2D eigenvalue weighted by Gasteiger charge is -2.18. The van der Waals surface area contributed by atoms with Gasteiger partial charge in [0.1, 0.15) is 5.82 Å². The average Bonchev–Trinajstić information content (AvgIpc) is 3.15. The number of guanidine groups is 1. The third kappa shape index (κ3) is 3.81. The lowest BCUT2D eigenvalue weighted by atomic mass is 10.0. The van der Waals surface area contributed by atoms with E-state index in [1.165, 1.54) is 16.3 Å². The monoisotopic (exact) mass is 372 g/mol. The van der Waals surface area contributed by atoms with Crippen molar-refractivity contribution in [1.82, 2.24) is 25.2 Å². The second kappa shape index (κ2) is 8.08. The zero-order chi connectivity index (χ0) is 19.3. The van der Waals surface area contributed by atoms with Gasteiger partial charge in [0, 0.05) is 26.2 Å². The molecule has 0 saturated heterocycles. The molecular weight excluding hydrogens is 348 g/mol. The third-order valence-corrected chi connectivity index (χ3v) is 4.88. The molecule has 0 radical (unpaired) electrons. The topological polar surface area (TPSA) is 66.6 Å². The number of aromatic nitrogens is 3. The first-order chi connectivity index (χ1) is 13.7. The third-order valence-electron chi connectivity index (χ3n) is 4.88. The van der Waals surface area contributed by atoms with E-state index in [2.05, 4.69) is 75.2 Å². The first-order valence-electron chi connectivity index (χ1n) is 9.49. The molecule has 4 rings (SSSR count). The highest BCUT2D eigenvalue weighted by Crippen LogP contribution is 2.20. The van der Waals surface area contributed by atoms with Crippen LogP contribution in [0.2, 0.25) is 0 Å². The molecule has 4 aromatic rings. The van der Waals surface area contributed by atoms with Crippen molar-refractivity contribution in [2.24, 2.45) is 4.99 Å². The minimum Gasteiger partial charge on any atom is -0.356 e. The van der Waals surface area contributed by atoms with E-state index < -0.39 is 0 Å². The molecule has 6 nitrogen and oxygen atoms in total. The quantitative estimate of drug-likeness (QED) is 0.416. The number of fused-ring (bicyclic) bond motifs is 2. The van der Waals surface area contributed by atoms with Crippen LogP contribution in [0.1, 0.15) is 24.4 Å². The number of benzene rings is 2. The fourth-order valence-electron chi connectivity index (χ4n) is 3.31. The van der Waals surface area contributed by atoms with E-state index in [1.807, 2.05) is 28.8 Å². The van der Waals surface area contributed by atoms with E-state index in [0.29, 0.717) is 0 Å². The Hall–Kier alpha value is -3.41. The number of rotatable bonds is 5. The van der Waals surface area contributed by atoms with Crippen molar-refractivity contribution < 1.29 is 0 Å². The summed E-state index contributed by atoms with van der Waals surface area (Å²) in [4.78, 5) is 4.35. The van der Waals surface area contributed by atoms with Crippen LogP contribution >= 0.6 is 0 Å². The Labute approximate surface area is 164 Å². The fraction of sp³-hybridized carbons (Fsp3) is 0.227. The number of aliphatic imine (C=N–C) groups is 1. The van der Waals surface area contributed by atoms with E-state index in [9.17, 15) is 0 Å². The largest absolute Gasteiger partial charge is 0.356 e. The smallest absolute Gasteiger partial charge is 0.191 e. The Morgan fingerprint density at radius 2 is 1.86 bits per heavy atom. The van der Waals surface area contributed by atoms with Gasteiger partial charge >= 0.3 is 0 Å². The summed E-state index contributed by atoms with van der Waals surface area (Å²) in [7, 11) is 1.79. The van der Waals surface area contributed by atoms with Crippen LogP contribution in [-0.4, -0.2) is 34.2 Å². The fourth-order valence-corrected chi connectivity index (χ4v) is 3.31. The Morgan fingerprint density at radius 1 is 1.04 bits per heavy atom. The predicted molar refractivity (Wildman–Crippen MR) is 114 cm³/mol. The molecule has 2 heterocycles. The average molecular weight is 372 g/mol. The molecule has 0 saturated carbocycles. The van der Waals surface area contributed by atoms with Gasteiger partial charge < -0.3 is 10.6 Å². The zero-order valence-electron chi connectivity index (χ0n) is 16.1. The first kappa shape index (κ1) is 18.0. The predicted octanol–water partition coefficient (Wildman–Crippen LogP) is 3.35. The number of nitrogens with one attached hydrogen (secondary N) is 2. The maximum absolute atomic E-state index is 4.35. The van der Waals surface area contributed by atoms with Crippen LogP contribution in [0.5, 0.6) is 0 Å². The normalized spacial score (nSPS) is 13.0. The molecule has 2 aromatic heterocycles. The van der Waals surface area contributed by atoms with Crippen LogP contribution in [0.25, 0.3) is 16.4 Å². The van der Waals surface area contributed by atoms with Crippen molar-refractivity contribution in [3.05, 3.63) is 78.2 Å². The van der Waals surface area contributed by atoms with E-state index in [4.69, 9.17) is 0 Å². The molecule has 1 unspecified atom stereocenters. The lowest BCUT2D eigenvalue weighted by Crippen LogP contribution is -2.39. The SMILES string of the molecule is CN=C(NCCc1nnc2ccccn12)NC(C)c1ccc2ccccc2c1. The Bertz CT molecular complexity index is 1110. The summed E-state index contributed by atoms with van der Waals surface area (Å²) in [5.74, 6) is 1.70. The minimum atomic E-state index is 0.143. The summed E-state index contributed by atoms with van der Waals surface area (Å²) >= 11 is 0. The van der Waals surface area contributed by atoms with E-state index in [0.717, 1.165) is 30.4 Å². The first-order valence-corrected chi connectivity index (χ1v) is 9.49. The molecule has 0 bridgehead atoms. The highest BCUT2D eigenvalue weighted by Gasteiger charge is 2.09. The maximum atomic E-state index is 4.35. The van der Waals surface area contributed by atoms with Crippen molar-refractivity contribution in [2.75, 3.05) is 13.6 Å². The van der Waals surface area contributed by atoms with Gasteiger partial charge in [0.25, 0.3) is 0 Å². The second-order valence-corrected chi connectivity index (χ2v) is 6.77.